The molecule has 11 nitrogen and oxygen atoms in total. The summed E-state index contributed by atoms with van der Waals surface area (Å²) in [6.07, 6.45) is 0. The summed E-state index contributed by atoms with van der Waals surface area (Å²) in [5.41, 5.74) is 0.718. The van der Waals surface area contributed by atoms with Crippen molar-refractivity contribution >= 4 is 11.9 Å². The molecule has 1 aliphatic heterocycles. The molecule has 0 N–H and O–H groups in total. The van der Waals surface area contributed by atoms with E-state index in [1.165, 1.54) is 0 Å². The first kappa shape index (κ1) is 19.7. The minimum absolute atomic E-state index is 0. The van der Waals surface area contributed by atoms with Crippen LogP contribution < -0.4 is 0 Å². The van der Waals surface area contributed by atoms with Crippen molar-refractivity contribution in [2.45, 2.75) is 0 Å². The van der Waals surface area contributed by atoms with Gasteiger partial charge in [0.25, 0.3) is 0 Å². The van der Waals surface area contributed by atoms with Gasteiger partial charge < -0.3 is 35.4 Å². The molecule has 0 fully saturated rings. The van der Waals surface area contributed by atoms with Gasteiger partial charge in [-0.15, -0.1) is 0 Å². The zero-order chi connectivity index (χ0) is 15.0. The van der Waals surface area contributed by atoms with Gasteiger partial charge in [0.2, 0.25) is 0 Å². The standard InChI is InChI=1S/C8H4O3.2NO3.Zn/c9-7-5-3-1-2-4-6(5)8(10)11-7;2*2-1(3)4;/h1-4H;;;/q;2*-1;+2. The van der Waals surface area contributed by atoms with Gasteiger partial charge >= 0.3 is 31.4 Å². The second kappa shape index (κ2) is 9.33. The van der Waals surface area contributed by atoms with Gasteiger partial charge in [-0.3, -0.25) is 0 Å². The van der Waals surface area contributed by atoms with Crippen molar-refractivity contribution in [3.8, 4) is 0 Å². The van der Waals surface area contributed by atoms with Gasteiger partial charge in [0.05, 0.1) is 21.3 Å². The molecule has 0 radical (unpaired) electrons. The van der Waals surface area contributed by atoms with Crippen LogP contribution in [0.25, 0.3) is 0 Å². The Morgan fingerprint density at radius 1 is 0.800 bits per heavy atom. The van der Waals surface area contributed by atoms with E-state index in [0.29, 0.717) is 11.1 Å². The van der Waals surface area contributed by atoms with Crippen LogP contribution in [0.2, 0.25) is 0 Å². The summed E-state index contributed by atoms with van der Waals surface area (Å²) in [7, 11) is 0. The fourth-order valence-electron chi connectivity index (χ4n) is 1.03. The summed E-state index contributed by atoms with van der Waals surface area (Å²) in [6, 6.07) is 6.53. The normalized spacial score (nSPS) is 10.4. The largest absolute Gasteiger partial charge is 2.00 e. The number of benzene rings is 1. The third kappa shape index (κ3) is 7.66. The maximum absolute atomic E-state index is 10.8. The van der Waals surface area contributed by atoms with Gasteiger partial charge in [0, 0.05) is 0 Å². The van der Waals surface area contributed by atoms with Crippen molar-refractivity contribution < 1.29 is 44.0 Å². The molecule has 0 saturated heterocycles. The molecule has 12 heteroatoms. The molecule has 1 aliphatic rings. The molecule has 0 aromatic heterocycles. The minimum Gasteiger partial charge on any atom is -0.386 e. The van der Waals surface area contributed by atoms with Crippen LogP contribution in [-0.4, -0.2) is 22.1 Å². The minimum atomic E-state index is -1.75. The smallest absolute Gasteiger partial charge is 0.386 e. The first-order valence-corrected chi connectivity index (χ1v) is 4.24. The molecule has 1 heterocycles. The number of carbonyl (C=O) groups excluding carboxylic acids is 2. The van der Waals surface area contributed by atoms with Crippen LogP contribution in [0.15, 0.2) is 24.3 Å². The zero-order valence-corrected chi connectivity index (χ0v) is 12.6. The summed E-state index contributed by atoms with van der Waals surface area (Å²) in [5, 5.41) is 29.5. The Kier molecular flexibility index (Phi) is 9.20. The van der Waals surface area contributed by atoms with E-state index in [9.17, 15) is 9.59 Å². The average molecular weight is 338 g/mol. The summed E-state index contributed by atoms with van der Waals surface area (Å²) < 4.78 is 4.35. The van der Waals surface area contributed by atoms with Crippen molar-refractivity contribution in [1.29, 1.82) is 0 Å². The predicted octanol–water partition coefficient (Wildman–Crippen LogP) is 0.516. The molecule has 0 aliphatic carbocycles. The second-order valence-electron chi connectivity index (χ2n) is 2.67. The Labute approximate surface area is 122 Å². The second-order valence-corrected chi connectivity index (χ2v) is 2.67. The third-order valence-corrected chi connectivity index (χ3v) is 1.55. The van der Waals surface area contributed by atoms with Crippen LogP contribution in [0.1, 0.15) is 20.7 Å². The first-order chi connectivity index (χ1) is 8.75. The molecule has 2 rings (SSSR count). The number of fused-ring (bicyclic) bond motifs is 1. The summed E-state index contributed by atoms with van der Waals surface area (Å²) in [6.45, 7) is 0. The number of carbonyl (C=O) groups is 2. The van der Waals surface area contributed by atoms with E-state index in [4.69, 9.17) is 30.6 Å². The van der Waals surface area contributed by atoms with E-state index in [1.807, 2.05) is 0 Å². The Hall–Kier alpha value is -2.62. The van der Waals surface area contributed by atoms with E-state index in [1.54, 1.807) is 24.3 Å². The Morgan fingerprint density at radius 2 is 1.05 bits per heavy atom. The quantitative estimate of drug-likeness (QED) is 0.214. The van der Waals surface area contributed by atoms with E-state index in [0.717, 1.165) is 0 Å². The molecule has 1 aromatic rings. The van der Waals surface area contributed by atoms with Crippen molar-refractivity contribution in [3.63, 3.8) is 0 Å². The number of hydrogen-bond acceptors (Lipinski definition) is 9. The molecule has 0 saturated carbocycles. The van der Waals surface area contributed by atoms with E-state index < -0.39 is 22.1 Å². The monoisotopic (exact) mass is 336 g/mol. The van der Waals surface area contributed by atoms with Crippen LogP contribution in [-0.2, 0) is 24.2 Å². The van der Waals surface area contributed by atoms with Crippen LogP contribution in [0.4, 0.5) is 0 Å². The molecule has 102 valence electrons. The molecule has 0 unspecified atom stereocenters. The number of rotatable bonds is 0. The molecule has 0 spiro atoms. The molecular formula is C8H4N2O9Zn. The molecule has 0 bridgehead atoms. The van der Waals surface area contributed by atoms with Crippen LogP contribution in [0.3, 0.4) is 0 Å². The van der Waals surface area contributed by atoms with Crippen molar-refractivity contribution in [3.05, 3.63) is 66.0 Å². The van der Waals surface area contributed by atoms with Crippen molar-refractivity contribution in [2.24, 2.45) is 0 Å². The number of nitrogens with zero attached hydrogens (tertiary/aromatic N) is 2. The van der Waals surface area contributed by atoms with E-state index >= 15 is 0 Å². The Morgan fingerprint density at radius 3 is 1.30 bits per heavy atom. The predicted molar refractivity (Wildman–Crippen MR) is 56.9 cm³/mol. The van der Waals surface area contributed by atoms with Gasteiger partial charge in [0.15, 0.2) is 0 Å². The van der Waals surface area contributed by atoms with Crippen LogP contribution >= 0.6 is 0 Å². The van der Waals surface area contributed by atoms with Crippen molar-refractivity contribution in [1.82, 2.24) is 0 Å². The molecule has 0 amide bonds. The van der Waals surface area contributed by atoms with Crippen molar-refractivity contribution in [2.75, 3.05) is 0 Å². The SMILES string of the molecule is O=C1OC(=O)c2ccccc21.O=[N+]([O-])[O-].O=[N+]([O-])[O-].[Zn+2]. The van der Waals surface area contributed by atoms with Gasteiger partial charge in [0.1, 0.15) is 0 Å². The topological polar surface area (TPSA) is 176 Å². The maximum atomic E-state index is 10.8. The summed E-state index contributed by atoms with van der Waals surface area (Å²) in [4.78, 5) is 38.2. The van der Waals surface area contributed by atoms with Crippen LogP contribution in [0, 0.1) is 30.6 Å². The third-order valence-electron chi connectivity index (χ3n) is 1.55. The van der Waals surface area contributed by atoms with Crippen LogP contribution in [0.5, 0.6) is 0 Å². The number of hydrogen-bond donors (Lipinski definition) is 0. The fourth-order valence-corrected chi connectivity index (χ4v) is 1.03. The molecule has 1 aromatic carbocycles. The number of ether oxygens (including phenoxy) is 1. The Balaban J connectivity index is 0. The number of esters is 2. The molecule has 20 heavy (non-hydrogen) atoms. The molecule has 0 atom stereocenters. The van der Waals surface area contributed by atoms with E-state index in [2.05, 4.69) is 4.74 Å². The van der Waals surface area contributed by atoms with Gasteiger partial charge in [-0.05, 0) is 12.1 Å². The van der Waals surface area contributed by atoms with E-state index in [-0.39, 0.29) is 19.5 Å². The summed E-state index contributed by atoms with van der Waals surface area (Å²) >= 11 is 0. The van der Waals surface area contributed by atoms with Gasteiger partial charge in [-0.1, -0.05) is 12.1 Å². The zero-order valence-electron chi connectivity index (χ0n) is 9.59. The number of cyclic esters (lactones) is 2. The molecular weight excluding hydrogens is 333 g/mol. The fraction of sp³-hybridized carbons (Fsp3) is 0. The van der Waals surface area contributed by atoms with Gasteiger partial charge in [-0.2, -0.15) is 0 Å². The summed E-state index contributed by atoms with van der Waals surface area (Å²) in [5.74, 6) is -1.10. The van der Waals surface area contributed by atoms with Gasteiger partial charge in [-0.25, -0.2) is 9.59 Å². The maximum Gasteiger partial charge on any atom is 2.00 e. The first-order valence-electron chi connectivity index (χ1n) is 4.24. The Bertz CT molecular complexity index is 465. The average Bonchev–Trinajstić information content (AvgIpc) is 2.54.